The van der Waals surface area contributed by atoms with Gasteiger partial charge in [0.25, 0.3) is 0 Å². The van der Waals surface area contributed by atoms with Crippen molar-refractivity contribution in [1.29, 1.82) is 0 Å². The number of hydrogen-bond donors (Lipinski definition) is 1. The number of carbonyl (C=O) groups excluding carboxylic acids is 1. The van der Waals surface area contributed by atoms with Gasteiger partial charge in [-0.05, 0) is 24.6 Å². The van der Waals surface area contributed by atoms with Gasteiger partial charge in [-0.15, -0.1) is 0 Å². The molecule has 0 bridgehead atoms. The molecule has 0 aliphatic heterocycles. The lowest BCUT2D eigenvalue weighted by Crippen LogP contribution is -2.47. The molecule has 0 saturated heterocycles. The Balaban J connectivity index is 3.16. The molecular weight excluding hydrogens is 237 g/mol. The number of rotatable bonds is 6. The number of ether oxygens (including phenoxy) is 2. The molecule has 0 fully saturated rings. The van der Waals surface area contributed by atoms with Crippen LogP contribution in [0.2, 0.25) is 0 Å². The van der Waals surface area contributed by atoms with Crippen molar-refractivity contribution in [3.8, 4) is 0 Å². The van der Waals surface area contributed by atoms with E-state index in [2.05, 4.69) is 0 Å². The van der Waals surface area contributed by atoms with E-state index in [1.165, 1.54) is 31.4 Å². The first-order valence-corrected chi connectivity index (χ1v) is 5.73. The normalized spacial score (nSPS) is 14.0. The molecule has 5 heteroatoms. The van der Waals surface area contributed by atoms with Crippen molar-refractivity contribution in [2.75, 3.05) is 26.9 Å². The van der Waals surface area contributed by atoms with Crippen LogP contribution in [0.5, 0.6) is 0 Å². The Kier molecular flexibility index (Phi) is 5.25. The number of nitrogens with two attached hydrogens (primary N) is 1. The van der Waals surface area contributed by atoms with Gasteiger partial charge in [0, 0.05) is 13.2 Å². The van der Waals surface area contributed by atoms with Crippen LogP contribution in [0.3, 0.4) is 0 Å². The lowest BCUT2D eigenvalue weighted by Gasteiger charge is -2.29. The van der Waals surface area contributed by atoms with Crippen LogP contribution in [0.25, 0.3) is 0 Å². The van der Waals surface area contributed by atoms with E-state index in [0.29, 0.717) is 12.2 Å². The molecule has 2 N–H and O–H groups in total. The second-order valence-electron chi connectivity index (χ2n) is 3.92. The highest BCUT2D eigenvalue weighted by Crippen LogP contribution is 2.26. The summed E-state index contributed by atoms with van der Waals surface area (Å²) >= 11 is 0. The average Bonchev–Trinajstić information content (AvgIpc) is 2.41. The second-order valence-corrected chi connectivity index (χ2v) is 3.92. The van der Waals surface area contributed by atoms with E-state index in [1.54, 1.807) is 0 Å². The molecule has 100 valence electrons. The Morgan fingerprint density at radius 1 is 1.39 bits per heavy atom. The van der Waals surface area contributed by atoms with E-state index in [-0.39, 0.29) is 19.0 Å². The summed E-state index contributed by atoms with van der Waals surface area (Å²) in [6.45, 7) is 2.42. The molecule has 4 nitrogen and oxygen atoms in total. The molecule has 0 aliphatic carbocycles. The third-order valence-electron chi connectivity index (χ3n) is 2.87. The molecule has 0 amide bonds. The zero-order chi connectivity index (χ0) is 13.6. The molecule has 1 rings (SSSR count). The number of esters is 1. The fourth-order valence-corrected chi connectivity index (χ4v) is 1.76. The minimum atomic E-state index is -1.08. The van der Waals surface area contributed by atoms with Crippen molar-refractivity contribution in [3.63, 3.8) is 0 Å². The van der Waals surface area contributed by atoms with Gasteiger partial charge in [-0.3, -0.25) is 4.79 Å². The molecule has 18 heavy (non-hydrogen) atoms. The van der Waals surface area contributed by atoms with Gasteiger partial charge in [0.2, 0.25) is 0 Å². The molecule has 1 atom stereocenters. The van der Waals surface area contributed by atoms with Gasteiger partial charge in [0.1, 0.15) is 11.2 Å². The molecule has 1 aromatic rings. The van der Waals surface area contributed by atoms with Crippen LogP contribution < -0.4 is 5.73 Å². The highest BCUT2D eigenvalue weighted by atomic mass is 19.1. The van der Waals surface area contributed by atoms with Crippen molar-refractivity contribution in [3.05, 3.63) is 35.6 Å². The fraction of sp³-hybridized carbons (Fsp3) is 0.462. The third-order valence-corrected chi connectivity index (χ3v) is 2.87. The largest absolute Gasteiger partial charge is 0.468 e. The van der Waals surface area contributed by atoms with Crippen molar-refractivity contribution in [2.45, 2.75) is 12.3 Å². The van der Waals surface area contributed by atoms with Crippen molar-refractivity contribution in [1.82, 2.24) is 0 Å². The lowest BCUT2D eigenvalue weighted by atomic mass is 9.81. The number of carbonyl (C=O) groups is 1. The monoisotopic (exact) mass is 255 g/mol. The molecule has 0 radical (unpaired) electrons. The maximum absolute atomic E-state index is 12.9. The van der Waals surface area contributed by atoms with Crippen LogP contribution in [0, 0.1) is 5.82 Å². The van der Waals surface area contributed by atoms with Crippen LogP contribution >= 0.6 is 0 Å². The molecule has 1 aromatic carbocycles. The standard InChI is InChI=1S/C13H18FNO3/c1-3-18-9-13(8-15,12(16)17-2)10-4-6-11(14)7-5-10/h4-7H,3,8-9,15H2,1-2H3. The van der Waals surface area contributed by atoms with Crippen LogP contribution in [0.4, 0.5) is 4.39 Å². The first-order chi connectivity index (χ1) is 8.60. The van der Waals surface area contributed by atoms with Gasteiger partial charge in [0.05, 0.1) is 13.7 Å². The summed E-state index contributed by atoms with van der Waals surface area (Å²) in [5.74, 6) is -0.851. The first-order valence-electron chi connectivity index (χ1n) is 5.73. The second kappa shape index (κ2) is 6.47. The van der Waals surface area contributed by atoms with E-state index >= 15 is 0 Å². The van der Waals surface area contributed by atoms with Crippen LogP contribution in [0.15, 0.2) is 24.3 Å². The van der Waals surface area contributed by atoms with Crippen molar-refractivity contribution < 1.29 is 18.7 Å². The Bertz CT molecular complexity index is 394. The first kappa shape index (κ1) is 14.6. The summed E-state index contributed by atoms with van der Waals surface area (Å²) in [4.78, 5) is 12.0. The maximum atomic E-state index is 12.9. The Hall–Kier alpha value is -1.46. The predicted molar refractivity (Wildman–Crippen MR) is 65.6 cm³/mol. The fourth-order valence-electron chi connectivity index (χ4n) is 1.76. The van der Waals surface area contributed by atoms with Crippen molar-refractivity contribution >= 4 is 5.97 Å². The van der Waals surface area contributed by atoms with E-state index in [9.17, 15) is 9.18 Å². The molecule has 0 saturated carbocycles. The summed E-state index contributed by atoms with van der Waals surface area (Å²) < 4.78 is 23.1. The van der Waals surface area contributed by atoms with E-state index < -0.39 is 11.4 Å². The van der Waals surface area contributed by atoms with Gasteiger partial charge in [-0.1, -0.05) is 12.1 Å². The molecule has 0 aromatic heterocycles. The van der Waals surface area contributed by atoms with E-state index in [4.69, 9.17) is 15.2 Å². The minimum Gasteiger partial charge on any atom is -0.468 e. The smallest absolute Gasteiger partial charge is 0.319 e. The maximum Gasteiger partial charge on any atom is 0.319 e. The Labute approximate surface area is 106 Å². The van der Waals surface area contributed by atoms with Gasteiger partial charge in [-0.2, -0.15) is 0 Å². The molecule has 0 spiro atoms. The third kappa shape index (κ3) is 2.86. The van der Waals surface area contributed by atoms with E-state index in [1.807, 2.05) is 6.92 Å². The number of benzene rings is 1. The summed E-state index contributed by atoms with van der Waals surface area (Å²) in [5, 5.41) is 0. The molecule has 0 aliphatic rings. The Morgan fingerprint density at radius 3 is 2.44 bits per heavy atom. The highest BCUT2D eigenvalue weighted by Gasteiger charge is 2.40. The van der Waals surface area contributed by atoms with Gasteiger partial charge in [0.15, 0.2) is 0 Å². The van der Waals surface area contributed by atoms with Crippen LogP contribution in [0.1, 0.15) is 12.5 Å². The number of methoxy groups -OCH3 is 1. The quantitative estimate of drug-likeness (QED) is 0.777. The van der Waals surface area contributed by atoms with Crippen LogP contribution in [-0.2, 0) is 19.7 Å². The summed E-state index contributed by atoms with van der Waals surface area (Å²) in [6, 6.07) is 5.62. The predicted octanol–water partition coefficient (Wildman–Crippen LogP) is 1.23. The SMILES string of the molecule is CCOCC(CN)(C(=O)OC)c1ccc(F)cc1. The lowest BCUT2D eigenvalue weighted by molar-refractivity contribution is -0.149. The van der Waals surface area contributed by atoms with Gasteiger partial charge < -0.3 is 15.2 Å². The number of halogens is 1. The molecule has 1 unspecified atom stereocenters. The van der Waals surface area contributed by atoms with E-state index in [0.717, 1.165) is 0 Å². The zero-order valence-electron chi connectivity index (χ0n) is 10.6. The van der Waals surface area contributed by atoms with Crippen LogP contribution in [-0.4, -0.2) is 32.8 Å². The molecular formula is C13H18FNO3. The van der Waals surface area contributed by atoms with Gasteiger partial charge >= 0.3 is 5.97 Å². The number of hydrogen-bond acceptors (Lipinski definition) is 4. The summed E-state index contributed by atoms with van der Waals surface area (Å²) in [5.41, 5.74) is 5.23. The highest BCUT2D eigenvalue weighted by molar-refractivity contribution is 5.83. The zero-order valence-corrected chi connectivity index (χ0v) is 10.6. The molecule has 0 heterocycles. The Morgan fingerprint density at radius 2 is 2.00 bits per heavy atom. The van der Waals surface area contributed by atoms with Gasteiger partial charge in [-0.25, -0.2) is 4.39 Å². The topological polar surface area (TPSA) is 61.5 Å². The average molecular weight is 255 g/mol. The van der Waals surface area contributed by atoms with Crippen molar-refractivity contribution in [2.24, 2.45) is 5.73 Å². The summed E-state index contributed by atoms with van der Waals surface area (Å²) in [7, 11) is 1.29. The minimum absolute atomic E-state index is 0.0330. The summed E-state index contributed by atoms with van der Waals surface area (Å²) in [6.07, 6.45) is 0.